The largest absolute Gasteiger partial charge is 0.465 e. The van der Waals surface area contributed by atoms with Gasteiger partial charge in [-0.05, 0) is 48.3 Å². The van der Waals surface area contributed by atoms with Gasteiger partial charge in [0.15, 0.2) is 0 Å². The molecule has 1 aromatic heterocycles. The van der Waals surface area contributed by atoms with Crippen LogP contribution in [0.1, 0.15) is 31.1 Å². The number of ether oxygens (including phenoxy) is 1. The minimum Gasteiger partial charge on any atom is -0.465 e. The summed E-state index contributed by atoms with van der Waals surface area (Å²) in [4.78, 5) is 15.5. The maximum absolute atomic E-state index is 11.9. The standard InChI is InChI=1S/C13H18BrNO2S/c1-2-17-13(16)12-5-3-4-6-15(12)8-11-7-10(14)9-18-11/h7,9,12H,2-6,8H2,1H3. The lowest BCUT2D eigenvalue weighted by Gasteiger charge is -2.33. The van der Waals surface area contributed by atoms with Crippen molar-refractivity contribution in [3.8, 4) is 0 Å². The van der Waals surface area contributed by atoms with Crippen molar-refractivity contribution >= 4 is 33.2 Å². The maximum Gasteiger partial charge on any atom is 0.323 e. The Morgan fingerprint density at radius 1 is 1.61 bits per heavy atom. The van der Waals surface area contributed by atoms with Gasteiger partial charge < -0.3 is 4.74 Å². The van der Waals surface area contributed by atoms with E-state index in [1.54, 1.807) is 11.3 Å². The number of halogens is 1. The molecule has 1 saturated heterocycles. The summed E-state index contributed by atoms with van der Waals surface area (Å²) >= 11 is 5.20. The third-order valence-corrected chi connectivity index (χ3v) is 4.84. The first kappa shape index (κ1) is 14.0. The molecule has 5 heteroatoms. The highest BCUT2D eigenvalue weighted by Gasteiger charge is 2.29. The third kappa shape index (κ3) is 3.56. The first-order valence-electron chi connectivity index (χ1n) is 6.34. The van der Waals surface area contributed by atoms with E-state index in [-0.39, 0.29) is 12.0 Å². The van der Waals surface area contributed by atoms with Gasteiger partial charge in [0.25, 0.3) is 0 Å². The summed E-state index contributed by atoms with van der Waals surface area (Å²) in [6, 6.07) is 2.07. The molecule has 1 aromatic rings. The Kier molecular flexibility index (Phi) is 5.21. The molecule has 1 aliphatic rings. The molecule has 1 unspecified atom stereocenters. The number of piperidine rings is 1. The lowest BCUT2D eigenvalue weighted by atomic mass is 10.0. The van der Waals surface area contributed by atoms with Crippen molar-refractivity contribution in [1.82, 2.24) is 4.90 Å². The van der Waals surface area contributed by atoms with Crippen LogP contribution in [-0.2, 0) is 16.1 Å². The minimum atomic E-state index is -0.0622. The summed E-state index contributed by atoms with van der Waals surface area (Å²) in [5.74, 6) is -0.0622. The molecule has 0 aliphatic carbocycles. The van der Waals surface area contributed by atoms with Crippen LogP contribution in [0.3, 0.4) is 0 Å². The molecule has 0 spiro atoms. The van der Waals surface area contributed by atoms with E-state index in [0.29, 0.717) is 6.61 Å². The van der Waals surface area contributed by atoms with Gasteiger partial charge in [-0.1, -0.05) is 6.42 Å². The van der Waals surface area contributed by atoms with Crippen LogP contribution in [0.5, 0.6) is 0 Å². The Morgan fingerprint density at radius 2 is 2.44 bits per heavy atom. The van der Waals surface area contributed by atoms with Crippen molar-refractivity contribution in [2.24, 2.45) is 0 Å². The second-order valence-corrected chi connectivity index (χ2v) is 6.38. The van der Waals surface area contributed by atoms with E-state index >= 15 is 0 Å². The molecule has 2 rings (SSSR count). The first-order valence-corrected chi connectivity index (χ1v) is 8.01. The monoisotopic (exact) mass is 331 g/mol. The Morgan fingerprint density at radius 3 is 3.11 bits per heavy atom. The summed E-state index contributed by atoms with van der Waals surface area (Å²) in [5.41, 5.74) is 0. The Balaban J connectivity index is 2.01. The molecule has 2 heterocycles. The van der Waals surface area contributed by atoms with Crippen LogP contribution in [0.15, 0.2) is 15.9 Å². The van der Waals surface area contributed by atoms with E-state index in [1.165, 1.54) is 11.3 Å². The van der Waals surface area contributed by atoms with E-state index in [0.717, 1.165) is 30.4 Å². The number of hydrogen-bond donors (Lipinski definition) is 0. The number of nitrogens with zero attached hydrogens (tertiary/aromatic N) is 1. The molecule has 0 aromatic carbocycles. The molecule has 1 fully saturated rings. The van der Waals surface area contributed by atoms with Gasteiger partial charge in [0.1, 0.15) is 6.04 Å². The van der Waals surface area contributed by atoms with Gasteiger partial charge in [0, 0.05) is 21.3 Å². The van der Waals surface area contributed by atoms with Gasteiger partial charge in [-0.25, -0.2) is 0 Å². The molecular formula is C13H18BrNO2S. The Labute approximate surface area is 120 Å². The van der Waals surface area contributed by atoms with Crippen molar-refractivity contribution < 1.29 is 9.53 Å². The lowest BCUT2D eigenvalue weighted by molar-refractivity contribution is -0.151. The summed E-state index contributed by atoms with van der Waals surface area (Å²) in [6.07, 6.45) is 3.21. The number of hydrogen-bond acceptors (Lipinski definition) is 4. The van der Waals surface area contributed by atoms with E-state index in [4.69, 9.17) is 4.74 Å². The van der Waals surface area contributed by atoms with Crippen molar-refractivity contribution in [3.05, 3.63) is 20.8 Å². The van der Waals surface area contributed by atoms with Crippen LogP contribution in [0.4, 0.5) is 0 Å². The quantitative estimate of drug-likeness (QED) is 0.791. The molecule has 1 atom stereocenters. The second-order valence-electron chi connectivity index (χ2n) is 4.47. The van der Waals surface area contributed by atoms with Crippen molar-refractivity contribution in [2.75, 3.05) is 13.2 Å². The van der Waals surface area contributed by atoms with Gasteiger partial charge in [-0.2, -0.15) is 0 Å². The van der Waals surface area contributed by atoms with Crippen LogP contribution < -0.4 is 0 Å². The molecule has 0 amide bonds. The summed E-state index contributed by atoms with van der Waals surface area (Å²) in [7, 11) is 0. The molecule has 0 radical (unpaired) electrons. The summed E-state index contributed by atoms with van der Waals surface area (Å²) in [5, 5.41) is 2.08. The number of likely N-dealkylation sites (tertiary alicyclic amines) is 1. The SMILES string of the molecule is CCOC(=O)C1CCCCN1Cc1cc(Br)cs1. The van der Waals surface area contributed by atoms with Gasteiger partial charge in [0.05, 0.1) is 6.61 Å². The molecule has 0 saturated carbocycles. The molecule has 18 heavy (non-hydrogen) atoms. The van der Waals surface area contributed by atoms with E-state index in [2.05, 4.69) is 32.3 Å². The Bertz CT molecular complexity index is 407. The summed E-state index contributed by atoms with van der Waals surface area (Å²) in [6.45, 7) is 4.16. The third-order valence-electron chi connectivity index (χ3n) is 3.15. The zero-order valence-electron chi connectivity index (χ0n) is 10.5. The van der Waals surface area contributed by atoms with Crippen molar-refractivity contribution in [2.45, 2.75) is 38.8 Å². The second kappa shape index (κ2) is 6.68. The average Bonchev–Trinajstić information content (AvgIpc) is 2.76. The normalized spacial score (nSPS) is 20.9. The lowest BCUT2D eigenvalue weighted by Crippen LogP contribution is -2.44. The van der Waals surface area contributed by atoms with E-state index in [9.17, 15) is 4.79 Å². The van der Waals surface area contributed by atoms with E-state index in [1.807, 2.05) is 6.92 Å². The fourth-order valence-electron chi connectivity index (χ4n) is 2.32. The topological polar surface area (TPSA) is 29.5 Å². The number of rotatable bonds is 4. The smallest absolute Gasteiger partial charge is 0.323 e. The highest BCUT2D eigenvalue weighted by molar-refractivity contribution is 9.10. The molecule has 0 bridgehead atoms. The summed E-state index contributed by atoms with van der Waals surface area (Å²) < 4.78 is 6.29. The minimum absolute atomic E-state index is 0.0559. The van der Waals surface area contributed by atoms with Crippen LogP contribution in [0.25, 0.3) is 0 Å². The maximum atomic E-state index is 11.9. The highest BCUT2D eigenvalue weighted by Crippen LogP contribution is 2.25. The van der Waals surface area contributed by atoms with Gasteiger partial charge in [0.2, 0.25) is 0 Å². The van der Waals surface area contributed by atoms with Crippen molar-refractivity contribution in [3.63, 3.8) is 0 Å². The fraction of sp³-hybridized carbons (Fsp3) is 0.615. The number of carbonyl (C=O) groups excluding carboxylic acids is 1. The zero-order valence-corrected chi connectivity index (χ0v) is 12.9. The van der Waals surface area contributed by atoms with Gasteiger partial charge >= 0.3 is 5.97 Å². The number of carbonyl (C=O) groups is 1. The predicted octanol–water partition coefficient (Wildman–Crippen LogP) is 3.43. The molecule has 100 valence electrons. The van der Waals surface area contributed by atoms with Crippen LogP contribution in [0.2, 0.25) is 0 Å². The molecule has 1 aliphatic heterocycles. The molecule has 0 N–H and O–H groups in total. The fourth-order valence-corrected chi connectivity index (χ4v) is 3.80. The van der Waals surface area contributed by atoms with Crippen molar-refractivity contribution in [1.29, 1.82) is 0 Å². The van der Waals surface area contributed by atoms with Crippen LogP contribution in [0, 0.1) is 0 Å². The van der Waals surface area contributed by atoms with Crippen LogP contribution in [-0.4, -0.2) is 30.1 Å². The number of esters is 1. The predicted molar refractivity (Wildman–Crippen MR) is 76.7 cm³/mol. The van der Waals surface area contributed by atoms with E-state index < -0.39 is 0 Å². The first-order chi connectivity index (χ1) is 8.70. The Hall–Kier alpha value is -0.390. The zero-order chi connectivity index (χ0) is 13.0. The average molecular weight is 332 g/mol. The van der Waals surface area contributed by atoms with Crippen LogP contribution >= 0.6 is 27.3 Å². The molecular weight excluding hydrogens is 314 g/mol. The highest BCUT2D eigenvalue weighted by atomic mass is 79.9. The van der Waals surface area contributed by atoms with Gasteiger partial charge in [-0.15, -0.1) is 11.3 Å². The molecule has 3 nitrogen and oxygen atoms in total. The number of thiophene rings is 1. The van der Waals surface area contributed by atoms with Gasteiger partial charge in [-0.3, -0.25) is 9.69 Å².